The summed E-state index contributed by atoms with van der Waals surface area (Å²) in [6.45, 7) is 5.62. The number of hydrogen-bond acceptors (Lipinski definition) is 3. The number of rotatable bonds is 3. The minimum Gasteiger partial charge on any atom is -0.378 e. The molecular formula is C14H16IN3O. The van der Waals surface area contributed by atoms with E-state index in [1.165, 1.54) is 3.57 Å². The molecule has 1 atom stereocenters. The van der Waals surface area contributed by atoms with Crippen LogP contribution < -0.4 is 10.9 Å². The summed E-state index contributed by atoms with van der Waals surface area (Å²) in [7, 11) is 0. The third-order valence-electron chi connectivity index (χ3n) is 2.92. The van der Waals surface area contributed by atoms with Crippen molar-refractivity contribution < 1.29 is 0 Å². The molecule has 100 valence electrons. The number of halogens is 1. The third-order valence-corrected chi connectivity index (χ3v) is 3.64. The van der Waals surface area contributed by atoms with E-state index < -0.39 is 0 Å². The minimum atomic E-state index is -0.0862. The second kappa shape index (κ2) is 5.73. The first kappa shape index (κ1) is 14.0. The van der Waals surface area contributed by atoms with Crippen LogP contribution in [0.4, 0.5) is 5.69 Å². The van der Waals surface area contributed by atoms with Crippen LogP contribution in [-0.4, -0.2) is 9.97 Å². The fraction of sp³-hybridized carbons (Fsp3) is 0.286. The standard InChI is InChI=1S/C14H16IN3O/c1-8-13(14(19)18-10(3)16-8)9(2)17-12-6-4-11(15)5-7-12/h4-7,9,17H,1-3H3,(H,16,18,19). The van der Waals surface area contributed by atoms with Crippen LogP contribution in [0.15, 0.2) is 29.1 Å². The lowest BCUT2D eigenvalue weighted by molar-refractivity contribution is 0.814. The van der Waals surface area contributed by atoms with Gasteiger partial charge < -0.3 is 10.3 Å². The number of H-pyrrole nitrogens is 1. The van der Waals surface area contributed by atoms with Gasteiger partial charge in [-0.05, 0) is 67.6 Å². The average molecular weight is 369 g/mol. The van der Waals surface area contributed by atoms with Crippen molar-refractivity contribution in [2.45, 2.75) is 26.8 Å². The molecule has 5 heteroatoms. The van der Waals surface area contributed by atoms with Crippen LogP contribution in [0.2, 0.25) is 0 Å². The number of aromatic amines is 1. The summed E-state index contributed by atoms with van der Waals surface area (Å²) >= 11 is 2.26. The second-order valence-electron chi connectivity index (χ2n) is 4.52. The molecule has 0 aliphatic carbocycles. The lowest BCUT2D eigenvalue weighted by Crippen LogP contribution is -2.23. The van der Waals surface area contributed by atoms with Gasteiger partial charge in [0.2, 0.25) is 0 Å². The van der Waals surface area contributed by atoms with Crippen LogP contribution in [0.1, 0.15) is 30.0 Å². The van der Waals surface area contributed by atoms with Crippen LogP contribution >= 0.6 is 22.6 Å². The molecule has 0 fully saturated rings. The first-order chi connectivity index (χ1) is 8.97. The Morgan fingerprint density at radius 1 is 1.26 bits per heavy atom. The van der Waals surface area contributed by atoms with Crippen LogP contribution in [0, 0.1) is 17.4 Å². The molecule has 0 bridgehead atoms. The van der Waals surface area contributed by atoms with Crippen molar-refractivity contribution in [1.29, 1.82) is 0 Å². The molecule has 1 heterocycles. The van der Waals surface area contributed by atoms with E-state index in [4.69, 9.17) is 0 Å². The molecule has 1 aromatic carbocycles. The van der Waals surface area contributed by atoms with Crippen molar-refractivity contribution in [2.75, 3.05) is 5.32 Å². The molecule has 0 spiro atoms. The molecule has 1 unspecified atom stereocenters. The number of hydrogen-bond donors (Lipinski definition) is 2. The smallest absolute Gasteiger partial charge is 0.256 e. The third kappa shape index (κ3) is 3.34. The van der Waals surface area contributed by atoms with Crippen molar-refractivity contribution in [3.05, 3.63) is 55.3 Å². The van der Waals surface area contributed by atoms with E-state index in [9.17, 15) is 4.79 Å². The van der Waals surface area contributed by atoms with Crippen molar-refractivity contribution in [3.63, 3.8) is 0 Å². The number of nitrogens with zero attached hydrogens (tertiary/aromatic N) is 1. The van der Waals surface area contributed by atoms with Crippen molar-refractivity contribution >= 4 is 28.3 Å². The maximum absolute atomic E-state index is 12.0. The number of aryl methyl sites for hydroxylation is 2. The summed E-state index contributed by atoms with van der Waals surface area (Å²) in [5, 5.41) is 3.32. The molecule has 0 aliphatic heterocycles. The predicted octanol–water partition coefficient (Wildman–Crippen LogP) is 3.16. The van der Waals surface area contributed by atoms with Gasteiger partial charge in [-0.2, -0.15) is 0 Å². The van der Waals surface area contributed by atoms with Gasteiger partial charge in [0.25, 0.3) is 5.56 Å². The topological polar surface area (TPSA) is 57.8 Å². The molecule has 2 aromatic rings. The normalized spacial score (nSPS) is 12.2. The van der Waals surface area contributed by atoms with Crippen molar-refractivity contribution in [1.82, 2.24) is 9.97 Å². The Kier molecular flexibility index (Phi) is 4.24. The van der Waals surface area contributed by atoms with Gasteiger partial charge in [0, 0.05) is 9.26 Å². The maximum Gasteiger partial charge on any atom is 0.256 e. The first-order valence-corrected chi connectivity index (χ1v) is 7.15. The van der Waals surface area contributed by atoms with E-state index in [0.29, 0.717) is 11.4 Å². The van der Waals surface area contributed by atoms with E-state index in [2.05, 4.69) is 37.9 Å². The molecule has 4 nitrogen and oxygen atoms in total. The Bertz CT molecular complexity index is 634. The summed E-state index contributed by atoms with van der Waals surface area (Å²) in [6.07, 6.45) is 0. The quantitative estimate of drug-likeness (QED) is 0.818. The SMILES string of the molecule is Cc1nc(C)c(C(C)Nc2ccc(I)cc2)c(=O)[nH]1. The summed E-state index contributed by atoms with van der Waals surface area (Å²) in [5.74, 6) is 0.646. The fourth-order valence-corrected chi connectivity index (χ4v) is 2.47. The Morgan fingerprint density at radius 3 is 2.47 bits per heavy atom. The van der Waals surface area contributed by atoms with Gasteiger partial charge in [-0.1, -0.05) is 0 Å². The Labute approximate surface area is 125 Å². The summed E-state index contributed by atoms with van der Waals surface area (Å²) in [5.41, 5.74) is 2.37. The van der Waals surface area contributed by atoms with Gasteiger partial charge in [0.15, 0.2) is 0 Å². The molecule has 0 saturated carbocycles. The highest BCUT2D eigenvalue weighted by atomic mass is 127. The zero-order chi connectivity index (χ0) is 14.0. The maximum atomic E-state index is 12.0. The van der Waals surface area contributed by atoms with Gasteiger partial charge >= 0.3 is 0 Å². The van der Waals surface area contributed by atoms with Crippen LogP contribution in [-0.2, 0) is 0 Å². The van der Waals surface area contributed by atoms with E-state index >= 15 is 0 Å². The molecule has 0 amide bonds. The Morgan fingerprint density at radius 2 is 1.89 bits per heavy atom. The summed E-state index contributed by atoms with van der Waals surface area (Å²) in [4.78, 5) is 19.1. The zero-order valence-electron chi connectivity index (χ0n) is 11.1. The zero-order valence-corrected chi connectivity index (χ0v) is 13.3. The summed E-state index contributed by atoms with van der Waals surface area (Å²) in [6, 6.07) is 7.98. The Balaban J connectivity index is 2.27. The predicted molar refractivity (Wildman–Crippen MR) is 85.5 cm³/mol. The highest BCUT2D eigenvalue weighted by Gasteiger charge is 2.14. The van der Waals surface area contributed by atoms with Crippen LogP contribution in [0.25, 0.3) is 0 Å². The number of nitrogens with one attached hydrogen (secondary N) is 2. The fourth-order valence-electron chi connectivity index (χ4n) is 2.11. The van der Waals surface area contributed by atoms with Crippen LogP contribution in [0.5, 0.6) is 0 Å². The second-order valence-corrected chi connectivity index (χ2v) is 5.77. The first-order valence-electron chi connectivity index (χ1n) is 6.07. The highest BCUT2D eigenvalue weighted by Crippen LogP contribution is 2.19. The van der Waals surface area contributed by atoms with Gasteiger partial charge in [-0.3, -0.25) is 4.79 Å². The molecular weight excluding hydrogens is 353 g/mol. The molecule has 19 heavy (non-hydrogen) atoms. The number of aromatic nitrogens is 2. The summed E-state index contributed by atoms with van der Waals surface area (Å²) < 4.78 is 1.18. The van der Waals surface area contributed by atoms with Crippen molar-refractivity contribution in [3.8, 4) is 0 Å². The monoisotopic (exact) mass is 369 g/mol. The van der Waals surface area contributed by atoms with E-state index in [1.807, 2.05) is 38.1 Å². The Hall–Kier alpha value is -1.37. The minimum absolute atomic E-state index is 0.0736. The highest BCUT2D eigenvalue weighted by molar-refractivity contribution is 14.1. The van der Waals surface area contributed by atoms with Crippen LogP contribution in [0.3, 0.4) is 0 Å². The van der Waals surface area contributed by atoms with Gasteiger partial charge in [0.05, 0.1) is 17.3 Å². The molecule has 0 saturated heterocycles. The van der Waals surface area contributed by atoms with E-state index in [1.54, 1.807) is 6.92 Å². The number of anilines is 1. The molecule has 2 N–H and O–H groups in total. The van der Waals surface area contributed by atoms with Gasteiger partial charge in [0.1, 0.15) is 5.82 Å². The van der Waals surface area contributed by atoms with E-state index in [-0.39, 0.29) is 11.6 Å². The van der Waals surface area contributed by atoms with Gasteiger partial charge in [-0.25, -0.2) is 4.98 Å². The largest absolute Gasteiger partial charge is 0.378 e. The molecule has 2 rings (SSSR count). The lowest BCUT2D eigenvalue weighted by atomic mass is 10.1. The molecule has 1 aromatic heterocycles. The molecule has 0 aliphatic rings. The number of benzene rings is 1. The van der Waals surface area contributed by atoms with Gasteiger partial charge in [-0.15, -0.1) is 0 Å². The average Bonchev–Trinajstić information content (AvgIpc) is 2.30. The molecule has 0 radical (unpaired) electrons. The van der Waals surface area contributed by atoms with E-state index in [0.717, 1.165) is 11.4 Å². The lowest BCUT2D eigenvalue weighted by Gasteiger charge is -2.16. The van der Waals surface area contributed by atoms with Crippen molar-refractivity contribution in [2.24, 2.45) is 0 Å².